The Morgan fingerprint density at radius 2 is 1.60 bits per heavy atom. The number of likely N-dealkylation sites (N-methyl/N-ethyl adjacent to an activating group) is 1. The molecule has 0 amide bonds. The maximum atomic E-state index is 8.24. The molecule has 0 unspecified atom stereocenters. The molecule has 0 spiro atoms. The standard InChI is InChI=1S/C27H27N3/c1-17-16-27(2,3)30(5)22-14-13-21-25(18-9-7-6-8-10-18)20-12-11-19(28)15-23(20)29(4)26(21)24(17)22/h6-16,28H,1-5H3. The molecule has 5 rings (SSSR count). The second kappa shape index (κ2) is 6.33. The molecule has 3 aliphatic rings. The van der Waals surface area contributed by atoms with Crippen molar-refractivity contribution in [2.75, 3.05) is 11.9 Å². The van der Waals surface area contributed by atoms with Gasteiger partial charge in [0.25, 0.3) is 0 Å². The number of allylic oxidation sites excluding steroid dienone is 1. The van der Waals surface area contributed by atoms with E-state index in [0.717, 1.165) is 5.69 Å². The molecule has 0 fully saturated rings. The van der Waals surface area contributed by atoms with Gasteiger partial charge in [0.1, 0.15) is 0 Å². The quantitative estimate of drug-likeness (QED) is 0.392. The average Bonchev–Trinajstić information content (AvgIpc) is 2.72. The lowest BCUT2D eigenvalue weighted by atomic mass is 9.85. The van der Waals surface area contributed by atoms with Gasteiger partial charge in [-0.15, -0.1) is 0 Å². The Bertz CT molecular complexity index is 1360. The Balaban J connectivity index is 2.03. The minimum Gasteiger partial charge on any atom is -0.365 e. The van der Waals surface area contributed by atoms with Crippen LogP contribution >= 0.6 is 0 Å². The highest BCUT2D eigenvalue weighted by Crippen LogP contribution is 2.46. The van der Waals surface area contributed by atoms with Crippen molar-refractivity contribution in [1.29, 1.82) is 5.41 Å². The highest BCUT2D eigenvalue weighted by atomic mass is 15.2. The van der Waals surface area contributed by atoms with Crippen LogP contribution in [-0.4, -0.2) is 17.2 Å². The Kier molecular flexibility index (Phi) is 3.94. The first-order valence-corrected chi connectivity index (χ1v) is 10.4. The highest BCUT2D eigenvalue weighted by molar-refractivity contribution is 6.09. The fraction of sp³-hybridized carbons (Fsp3) is 0.222. The van der Waals surface area contributed by atoms with Crippen molar-refractivity contribution in [2.24, 2.45) is 7.05 Å². The lowest BCUT2D eigenvalue weighted by molar-refractivity contribution is 0.598. The maximum Gasteiger partial charge on any atom is 0.0585 e. The van der Waals surface area contributed by atoms with Gasteiger partial charge in [-0.1, -0.05) is 48.5 Å². The summed E-state index contributed by atoms with van der Waals surface area (Å²) in [6.45, 7) is 6.73. The number of fused-ring (bicyclic) bond motifs is 4. The molecule has 0 atom stereocenters. The van der Waals surface area contributed by atoms with Crippen LogP contribution < -0.4 is 10.3 Å². The smallest absolute Gasteiger partial charge is 0.0585 e. The van der Waals surface area contributed by atoms with Crippen LogP contribution in [0.4, 0.5) is 5.69 Å². The van der Waals surface area contributed by atoms with E-state index in [2.05, 4.69) is 98.9 Å². The molecule has 0 saturated carbocycles. The molecular weight excluding hydrogens is 366 g/mol. The van der Waals surface area contributed by atoms with E-state index in [-0.39, 0.29) is 5.54 Å². The summed E-state index contributed by atoms with van der Waals surface area (Å²) in [5.41, 5.74) is 9.74. The molecule has 0 bridgehead atoms. The third-order valence-corrected chi connectivity index (χ3v) is 6.64. The topological polar surface area (TPSA) is 32.0 Å². The third kappa shape index (κ3) is 2.55. The van der Waals surface area contributed by atoms with Crippen LogP contribution in [0.25, 0.3) is 38.9 Å². The molecule has 0 aromatic heterocycles. The fourth-order valence-electron chi connectivity index (χ4n) is 5.01. The molecule has 1 aliphatic carbocycles. The molecule has 0 saturated heterocycles. The van der Waals surface area contributed by atoms with E-state index in [1.807, 2.05) is 12.1 Å². The molecule has 2 aromatic rings. The van der Waals surface area contributed by atoms with Gasteiger partial charge >= 0.3 is 0 Å². The van der Waals surface area contributed by atoms with Crippen LogP contribution in [0.5, 0.6) is 0 Å². The number of hydrogen-bond donors (Lipinski definition) is 1. The van der Waals surface area contributed by atoms with Crippen molar-refractivity contribution >= 4 is 22.2 Å². The first kappa shape index (κ1) is 18.7. The number of rotatable bonds is 1. The van der Waals surface area contributed by atoms with Crippen LogP contribution in [0.2, 0.25) is 0 Å². The van der Waals surface area contributed by atoms with Gasteiger partial charge in [-0.25, -0.2) is 0 Å². The van der Waals surface area contributed by atoms with Gasteiger partial charge in [-0.3, -0.25) is 0 Å². The van der Waals surface area contributed by atoms with Crippen molar-refractivity contribution in [2.45, 2.75) is 26.3 Å². The van der Waals surface area contributed by atoms with Crippen molar-refractivity contribution in [3.63, 3.8) is 0 Å². The van der Waals surface area contributed by atoms with Gasteiger partial charge in [0, 0.05) is 41.9 Å². The predicted octanol–water partition coefficient (Wildman–Crippen LogP) is 6.06. The van der Waals surface area contributed by atoms with Crippen molar-refractivity contribution < 1.29 is 0 Å². The second-order valence-electron chi connectivity index (χ2n) is 8.93. The first-order valence-electron chi connectivity index (χ1n) is 10.4. The zero-order chi connectivity index (χ0) is 21.2. The van der Waals surface area contributed by atoms with E-state index >= 15 is 0 Å². The number of benzene rings is 3. The summed E-state index contributed by atoms with van der Waals surface area (Å²) in [6.07, 6.45) is 2.36. The first-order chi connectivity index (χ1) is 14.3. The summed E-state index contributed by atoms with van der Waals surface area (Å²) < 4.78 is 2.28. The lowest BCUT2D eigenvalue weighted by Crippen LogP contribution is -2.42. The van der Waals surface area contributed by atoms with Crippen LogP contribution in [0.3, 0.4) is 0 Å². The lowest BCUT2D eigenvalue weighted by Gasteiger charge is -2.41. The Morgan fingerprint density at radius 3 is 2.33 bits per heavy atom. The van der Waals surface area contributed by atoms with Crippen molar-refractivity contribution in [3.05, 3.63) is 77.7 Å². The second-order valence-corrected chi connectivity index (χ2v) is 8.93. The fourth-order valence-corrected chi connectivity index (χ4v) is 5.01. The van der Waals surface area contributed by atoms with Crippen LogP contribution in [0, 0.1) is 5.41 Å². The van der Waals surface area contributed by atoms with E-state index in [4.69, 9.17) is 5.41 Å². The normalized spacial score (nSPS) is 15.4. The summed E-state index contributed by atoms with van der Waals surface area (Å²) in [5, 5.41) is 10.0. The molecule has 3 heteroatoms. The summed E-state index contributed by atoms with van der Waals surface area (Å²) in [6, 6.07) is 21.1. The number of nitrogens with zero attached hydrogens (tertiary/aromatic N) is 2. The largest absolute Gasteiger partial charge is 0.365 e. The minimum absolute atomic E-state index is 0.0310. The van der Waals surface area contributed by atoms with Gasteiger partial charge in [-0.2, -0.15) is 0 Å². The maximum absolute atomic E-state index is 8.24. The highest BCUT2D eigenvalue weighted by Gasteiger charge is 2.31. The van der Waals surface area contributed by atoms with E-state index in [9.17, 15) is 0 Å². The van der Waals surface area contributed by atoms with Gasteiger partial charge in [-0.05, 0) is 50.1 Å². The third-order valence-electron chi connectivity index (χ3n) is 6.64. The molecular formula is C27H27N3. The molecule has 2 aliphatic heterocycles. The van der Waals surface area contributed by atoms with Gasteiger partial charge in [0.2, 0.25) is 0 Å². The molecule has 0 radical (unpaired) electrons. The molecule has 30 heavy (non-hydrogen) atoms. The number of aromatic nitrogens is 1. The van der Waals surface area contributed by atoms with E-state index in [1.54, 1.807) is 0 Å². The molecule has 150 valence electrons. The van der Waals surface area contributed by atoms with Crippen LogP contribution in [0.15, 0.2) is 66.7 Å². The SMILES string of the molecule is CC1=CC(C)(C)N(C)c2ccc3c(-c4ccccc4)c4ccc(=N)cc-4n(C)c3c21. The van der Waals surface area contributed by atoms with Gasteiger partial charge in [0.15, 0.2) is 0 Å². The summed E-state index contributed by atoms with van der Waals surface area (Å²) >= 11 is 0. The molecule has 1 N–H and O–H groups in total. The Morgan fingerprint density at radius 1 is 0.867 bits per heavy atom. The predicted molar refractivity (Wildman–Crippen MR) is 127 cm³/mol. The number of hydrogen-bond acceptors (Lipinski definition) is 2. The average molecular weight is 394 g/mol. The molecule has 3 nitrogen and oxygen atoms in total. The number of nitrogens with one attached hydrogen (secondary N) is 1. The number of aryl methyl sites for hydroxylation is 1. The zero-order valence-electron chi connectivity index (χ0n) is 18.2. The number of anilines is 1. The van der Waals surface area contributed by atoms with Gasteiger partial charge < -0.3 is 14.9 Å². The van der Waals surface area contributed by atoms with Crippen LogP contribution in [-0.2, 0) is 7.05 Å². The monoisotopic (exact) mass is 393 g/mol. The van der Waals surface area contributed by atoms with E-state index in [0.29, 0.717) is 5.36 Å². The summed E-state index contributed by atoms with van der Waals surface area (Å²) in [5.74, 6) is 0. The van der Waals surface area contributed by atoms with Crippen molar-refractivity contribution in [1.82, 2.24) is 4.57 Å². The summed E-state index contributed by atoms with van der Waals surface area (Å²) in [7, 11) is 4.31. The van der Waals surface area contributed by atoms with Crippen LogP contribution in [0.1, 0.15) is 26.3 Å². The molecule has 2 heterocycles. The minimum atomic E-state index is -0.0310. The van der Waals surface area contributed by atoms with E-state index in [1.165, 1.54) is 44.4 Å². The Labute approximate surface area is 177 Å². The summed E-state index contributed by atoms with van der Waals surface area (Å²) in [4.78, 5) is 2.36. The van der Waals surface area contributed by atoms with Crippen molar-refractivity contribution in [3.8, 4) is 22.4 Å². The Hall–Kier alpha value is -3.33. The zero-order valence-corrected chi connectivity index (χ0v) is 18.2. The number of pyridine rings is 1. The molecule has 2 aromatic carbocycles. The van der Waals surface area contributed by atoms with E-state index < -0.39 is 0 Å². The van der Waals surface area contributed by atoms with Gasteiger partial charge in [0.05, 0.1) is 22.1 Å².